The van der Waals surface area contributed by atoms with Crippen LogP contribution >= 0.6 is 0 Å². The monoisotopic (exact) mass is 426 g/mol. The number of carbonyl (C=O) groups excluding carboxylic acids is 4. The van der Waals surface area contributed by atoms with Gasteiger partial charge in [-0.15, -0.1) is 0 Å². The molecule has 1 N–H and O–H groups in total. The molecular formula is C22H38N2O6. The summed E-state index contributed by atoms with van der Waals surface area (Å²) in [7, 11) is 0. The van der Waals surface area contributed by atoms with E-state index < -0.39 is 46.7 Å². The highest BCUT2D eigenvalue weighted by Gasteiger charge is 2.62. The van der Waals surface area contributed by atoms with E-state index in [1.54, 1.807) is 41.5 Å². The largest absolute Gasteiger partial charge is 0.444 e. The molecule has 0 spiro atoms. The van der Waals surface area contributed by atoms with Crippen LogP contribution in [0.5, 0.6) is 0 Å². The van der Waals surface area contributed by atoms with E-state index in [0.29, 0.717) is 0 Å². The maximum atomic E-state index is 13.5. The first-order chi connectivity index (χ1) is 13.4. The SMILES string of the molecule is CC(C)C[C@H]1C(=O)[C@](CC(C)C)(NC(=O)OC(C)(C)C)C(=O)N1C(=O)OC(C)(C)C. The van der Waals surface area contributed by atoms with Gasteiger partial charge in [-0.3, -0.25) is 9.59 Å². The molecule has 3 amide bonds. The molecule has 0 unspecified atom stereocenters. The zero-order chi connectivity index (χ0) is 23.7. The van der Waals surface area contributed by atoms with E-state index in [1.165, 1.54) is 0 Å². The van der Waals surface area contributed by atoms with Crippen LogP contribution in [-0.2, 0) is 19.1 Å². The number of alkyl carbamates (subject to hydrolysis) is 1. The molecule has 8 heteroatoms. The molecule has 0 radical (unpaired) electrons. The van der Waals surface area contributed by atoms with Crippen LogP contribution in [0.15, 0.2) is 0 Å². The van der Waals surface area contributed by atoms with Crippen LogP contribution in [0.4, 0.5) is 9.59 Å². The fraction of sp³-hybridized carbons (Fsp3) is 0.818. The van der Waals surface area contributed by atoms with Gasteiger partial charge in [-0.2, -0.15) is 0 Å². The molecule has 2 atom stereocenters. The van der Waals surface area contributed by atoms with Crippen molar-refractivity contribution in [2.45, 2.75) is 105 Å². The number of ether oxygens (including phenoxy) is 2. The van der Waals surface area contributed by atoms with Gasteiger partial charge in [0.05, 0.1) is 0 Å². The topological polar surface area (TPSA) is 102 Å². The fourth-order valence-corrected chi connectivity index (χ4v) is 3.48. The molecular weight excluding hydrogens is 388 g/mol. The number of likely N-dealkylation sites (tertiary alicyclic amines) is 1. The third kappa shape index (κ3) is 6.44. The maximum Gasteiger partial charge on any atom is 0.417 e. The number of nitrogens with one attached hydrogen (secondary N) is 1. The van der Waals surface area contributed by atoms with Crippen LogP contribution in [0.25, 0.3) is 0 Å². The zero-order valence-corrected chi connectivity index (χ0v) is 20.0. The average Bonchev–Trinajstić information content (AvgIpc) is 2.64. The van der Waals surface area contributed by atoms with Crippen LogP contribution in [0.3, 0.4) is 0 Å². The van der Waals surface area contributed by atoms with E-state index in [9.17, 15) is 19.2 Å². The third-order valence-electron chi connectivity index (χ3n) is 4.33. The number of amides is 3. The molecule has 8 nitrogen and oxygen atoms in total. The number of rotatable bonds is 5. The van der Waals surface area contributed by atoms with Gasteiger partial charge in [-0.05, 0) is 66.2 Å². The van der Waals surface area contributed by atoms with Crippen LogP contribution in [-0.4, -0.2) is 51.6 Å². The second kappa shape index (κ2) is 8.94. The highest BCUT2D eigenvalue weighted by molar-refractivity contribution is 6.23. The highest BCUT2D eigenvalue weighted by Crippen LogP contribution is 2.35. The molecule has 0 aromatic rings. The third-order valence-corrected chi connectivity index (χ3v) is 4.33. The van der Waals surface area contributed by atoms with Crippen molar-refractivity contribution in [2.24, 2.45) is 11.8 Å². The first-order valence-corrected chi connectivity index (χ1v) is 10.5. The van der Waals surface area contributed by atoms with Crippen molar-refractivity contribution in [1.29, 1.82) is 0 Å². The van der Waals surface area contributed by atoms with Gasteiger partial charge in [0.1, 0.15) is 17.2 Å². The molecule has 172 valence electrons. The van der Waals surface area contributed by atoms with Gasteiger partial charge in [0.2, 0.25) is 0 Å². The van der Waals surface area contributed by atoms with E-state index in [0.717, 1.165) is 4.90 Å². The Morgan fingerprint density at radius 1 is 0.967 bits per heavy atom. The van der Waals surface area contributed by atoms with Crippen molar-refractivity contribution < 1.29 is 28.7 Å². The lowest BCUT2D eigenvalue weighted by Crippen LogP contribution is -2.60. The van der Waals surface area contributed by atoms with Gasteiger partial charge < -0.3 is 14.8 Å². The molecule has 0 aliphatic carbocycles. The predicted octanol–water partition coefficient (Wildman–Crippen LogP) is 4.06. The van der Waals surface area contributed by atoms with Crippen LogP contribution in [0.2, 0.25) is 0 Å². The minimum atomic E-state index is -1.87. The van der Waals surface area contributed by atoms with Crippen LogP contribution in [0, 0.1) is 11.8 Å². The molecule has 1 saturated heterocycles. The maximum absolute atomic E-state index is 13.5. The number of imide groups is 1. The molecule has 1 aliphatic rings. The van der Waals surface area contributed by atoms with Crippen molar-refractivity contribution in [3.63, 3.8) is 0 Å². The second-order valence-corrected chi connectivity index (χ2v) is 10.8. The molecule has 1 heterocycles. The second-order valence-electron chi connectivity index (χ2n) is 10.8. The highest BCUT2D eigenvalue weighted by atomic mass is 16.6. The molecule has 0 saturated carbocycles. The van der Waals surface area contributed by atoms with Crippen molar-refractivity contribution in [2.75, 3.05) is 0 Å². The van der Waals surface area contributed by atoms with E-state index in [1.807, 2.05) is 27.7 Å². The van der Waals surface area contributed by atoms with Gasteiger partial charge in [0.25, 0.3) is 5.91 Å². The van der Waals surface area contributed by atoms with Gasteiger partial charge in [0.15, 0.2) is 11.3 Å². The molecule has 0 aromatic carbocycles. The van der Waals surface area contributed by atoms with Crippen molar-refractivity contribution in [1.82, 2.24) is 10.2 Å². The lowest BCUT2D eigenvalue weighted by molar-refractivity contribution is -0.135. The molecule has 0 bridgehead atoms. The zero-order valence-electron chi connectivity index (χ0n) is 20.0. The van der Waals surface area contributed by atoms with Crippen molar-refractivity contribution in [3.05, 3.63) is 0 Å². The Morgan fingerprint density at radius 3 is 1.87 bits per heavy atom. The number of Topliss-reactive ketones (excluding diaryl/α,β-unsaturated/α-hetero) is 1. The van der Waals surface area contributed by atoms with E-state index in [4.69, 9.17) is 9.47 Å². The van der Waals surface area contributed by atoms with E-state index in [-0.39, 0.29) is 24.7 Å². The Kier molecular flexibility index (Phi) is 7.72. The lowest BCUT2D eigenvalue weighted by atomic mass is 9.83. The molecule has 1 fully saturated rings. The van der Waals surface area contributed by atoms with Gasteiger partial charge >= 0.3 is 12.2 Å². The molecule has 30 heavy (non-hydrogen) atoms. The molecule has 1 aliphatic heterocycles. The number of ketones is 1. The minimum absolute atomic E-state index is 0.0352. The Bertz CT molecular complexity index is 687. The van der Waals surface area contributed by atoms with Gasteiger partial charge in [-0.1, -0.05) is 27.7 Å². The first-order valence-electron chi connectivity index (χ1n) is 10.5. The molecule has 0 aromatic heterocycles. The van der Waals surface area contributed by atoms with E-state index in [2.05, 4.69) is 5.32 Å². The summed E-state index contributed by atoms with van der Waals surface area (Å²) in [5.41, 5.74) is -3.52. The Labute approximate surface area is 180 Å². The smallest absolute Gasteiger partial charge is 0.417 e. The standard InChI is InChI=1S/C22H38N2O6/c1-13(2)11-15-16(25)22(12-14(3)4,23-18(27)29-20(5,6)7)17(26)24(15)19(28)30-21(8,9)10/h13-15H,11-12H2,1-10H3,(H,23,27)/t15-,22-/m0/s1. The summed E-state index contributed by atoms with van der Waals surface area (Å²) in [6, 6.07) is -1.01. The predicted molar refractivity (Wildman–Crippen MR) is 113 cm³/mol. The summed E-state index contributed by atoms with van der Waals surface area (Å²) in [6.07, 6.45) is -1.43. The quantitative estimate of drug-likeness (QED) is 0.665. The van der Waals surface area contributed by atoms with Crippen LogP contribution < -0.4 is 5.32 Å². The molecule has 1 rings (SSSR count). The number of nitrogens with zero attached hydrogens (tertiary/aromatic N) is 1. The Hall–Kier alpha value is -2.12. The average molecular weight is 427 g/mol. The van der Waals surface area contributed by atoms with Crippen LogP contribution in [0.1, 0.15) is 82.1 Å². The first kappa shape index (κ1) is 25.9. The minimum Gasteiger partial charge on any atom is -0.444 e. The summed E-state index contributed by atoms with van der Waals surface area (Å²) in [5.74, 6) is -1.35. The fourth-order valence-electron chi connectivity index (χ4n) is 3.48. The summed E-state index contributed by atoms with van der Waals surface area (Å²) < 4.78 is 10.7. The van der Waals surface area contributed by atoms with Gasteiger partial charge in [0, 0.05) is 0 Å². The summed E-state index contributed by atoms with van der Waals surface area (Å²) >= 11 is 0. The Morgan fingerprint density at radius 2 is 1.47 bits per heavy atom. The number of hydrogen-bond acceptors (Lipinski definition) is 6. The Balaban J connectivity index is 3.45. The van der Waals surface area contributed by atoms with E-state index >= 15 is 0 Å². The summed E-state index contributed by atoms with van der Waals surface area (Å²) in [5, 5.41) is 2.52. The van der Waals surface area contributed by atoms with Crippen molar-refractivity contribution in [3.8, 4) is 0 Å². The normalized spacial score (nSPS) is 22.7. The summed E-state index contributed by atoms with van der Waals surface area (Å²) in [6.45, 7) is 17.6. The van der Waals surface area contributed by atoms with Gasteiger partial charge in [-0.25, -0.2) is 14.5 Å². The number of hydrogen-bond donors (Lipinski definition) is 1. The lowest BCUT2D eigenvalue weighted by Gasteiger charge is -2.30. The van der Waals surface area contributed by atoms with Crippen molar-refractivity contribution >= 4 is 23.9 Å². The summed E-state index contributed by atoms with van der Waals surface area (Å²) in [4.78, 5) is 53.4. The number of carbonyl (C=O) groups is 4.